The second-order valence-corrected chi connectivity index (χ2v) is 8.38. The maximum Gasteiger partial charge on any atom is -0.0230 e. The van der Waals surface area contributed by atoms with Gasteiger partial charge in [-0.25, -0.2) is 0 Å². The maximum atomic E-state index is 2.28. The van der Waals surface area contributed by atoms with Gasteiger partial charge in [-0.15, -0.1) is 0 Å². The molecule has 1 aromatic rings. The minimum atomic E-state index is 0.404. The molecule has 0 radical (unpaired) electrons. The van der Waals surface area contributed by atoms with Crippen LogP contribution in [-0.4, -0.2) is 0 Å². The number of benzene rings is 1. The average molecular weight is 262 g/mol. The summed E-state index contributed by atoms with van der Waals surface area (Å²) in [5.74, 6) is 0.843. The van der Waals surface area contributed by atoms with Gasteiger partial charge in [0.25, 0.3) is 0 Å². The van der Waals surface area contributed by atoms with Crippen LogP contribution in [0.5, 0.6) is 0 Å². The molecule has 0 aromatic heterocycles. The first-order valence-electron chi connectivity index (χ1n) is 7.53. The highest BCUT2D eigenvalue weighted by molar-refractivity contribution is 5.15. The molecule has 0 N–H and O–H groups in total. The molecule has 0 nitrogen and oxygen atoms in total. The molecule has 0 aliphatic rings. The fourth-order valence-electron chi connectivity index (χ4n) is 2.43. The lowest BCUT2D eigenvalue weighted by atomic mass is 9.86. The lowest BCUT2D eigenvalue weighted by Gasteiger charge is -2.19. The van der Waals surface area contributed by atoms with E-state index in [1.165, 1.54) is 12.0 Å². The Morgan fingerprint density at radius 3 is 1.53 bits per heavy atom. The van der Waals surface area contributed by atoms with Crippen molar-refractivity contribution in [1.82, 2.24) is 0 Å². The van der Waals surface area contributed by atoms with Crippen molar-refractivity contribution in [1.29, 1.82) is 0 Å². The van der Waals surface area contributed by atoms with E-state index < -0.39 is 0 Å². The molecule has 0 spiro atoms. The van der Waals surface area contributed by atoms with Gasteiger partial charge >= 0.3 is 0 Å². The van der Waals surface area contributed by atoms with Crippen molar-refractivity contribution < 1.29 is 0 Å². The summed E-state index contributed by atoms with van der Waals surface area (Å²) in [4.78, 5) is 0. The van der Waals surface area contributed by atoms with Crippen molar-refractivity contribution in [3.8, 4) is 0 Å². The van der Waals surface area contributed by atoms with Gasteiger partial charge in [0.05, 0.1) is 0 Å². The largest absolute Gasteiger partial charge is 0.0628 e. The van der Waals surface area contributed by atoms with E-state index in [2.05, 4.69) is 85.7 Å². The smallest absolute Gasteiger partial charge is 0.0230 e. The Morgan fingerprint density at radius 1 is 0.789 bits per heavy atom. The van der Waals surface area contributed by atoms with E-state index in [0.29, 0.717) is 10.8 Å². The third-order valence-corrected chi connectivity index (χ3v) is 2.60. The molecule has 0 bridgehead atoms. The molecule has 0 heterocycles. The van der Waals surface area contributed by atoms with Gasteiger partial charge in [-0.05, 0) is 35.2 Å². The summed E-state index contributed by atoms with van der Waals surface area (Å²) in [5, 5.41) is 0. The van der Waals surface area contributed by atoms with E-state index in [4.69, 9.17) is 0 Å². The second-order valence-electron chi connectivity index (χ2n) is 8.38. The van der Waals surface area contributed by atoms with Crippen LogP contribution in [0.15, 0.2) is 30.3 Å². The van der Waals surface area contributed by atoms with Gasteiger partial charge in [-0.1, -0.05) is 85.7 Å². The van der Waals surface area contributed by atoms with Crippen molar-refractivity contribution >= 4 is 0 Å². The summed E-state index contributed by atoms with van der Waals surface area (Å²) in [5.41, 5.74) is 2.36. The van der Waals surface area contributed by atoms with Crippen LogP contribution in [0.25, 0.3) is 0 Å². The lowest BCUT2D eigenvalue weighted by Crippen LogP contribution is -2.08. The molecule has 110 valence electrons. The SMILES string of the molecule is CC(C)(C)Cc1ccccc1.CC(C)CC(C)(C)C. The molecule has 1 aromatic carbocycles. The van der Waals surface area contributed by atoms with Crippen LogP contribution < -0.4 is 0 Å². The predicted octanol–water partition coefficient (Wildman–Crippen LogP) is 6.35. The molecule has 1 rings (SSSR count). The van der Waals surface area contributed by atoms with E-state index in [-0.39, 0.29) is 0 Å². The molecule has 0 aliphatic heterocycles. The molecular weight excluding hydrogens is 228 g/mol. The van der Waals surface area contributed by atoms with Crippen LogP contribution in [0.4, 0.5) is 0 Å². The van der Waals surface area contributed by atoms with Crippen molar-refractivity contribution in [2.75, 3.05) is 0 Å². The summed E-state index contributed by atoms with van der Waals surface area (Å²) in [7, 11) is 0. The van der Waals surface area contributed by atoms with Gasteiger partial charge in [-0.2, -0.15) is 0 Å². The third kappa shape index (κ3) is 13.5. The van der Waals surface area contributed by atoms with Crippen molar-refractivity contribution in [2.45, 2.75) is 68.2 Å². The van der Waals surface area contributed by atoms with E-state index in [1.807, 2.05) is 0 Å². The summed E-state index contributed by atoms with van der Waals surface area (Å²) < 4.78 is 0. The highest BCUT2D eigenvalue weighted by Crippen LogP contribution is 2.23. The normalized spacial score (nSPS) is 12.1. The van der Waals surface area contributed by atoms with Crippen LogP contribution >= 0.6 is 0 Å². The fraction of sp³-hybridized carbons (Fsp3) is 0.684. The number of hydrogen-bond acceptors (Lipinski definition) is 0. The molecule has 0 fully saturated rings. The summed E-state index contributed by atoms with van der Waals surface area (Å²) >= 11 is 0. The zero-order valence-electron chi connectivity index (χ0n) is 14.4. The Bertz CT molecular complexity index is 319. The minimum Gasteiger partial charge on any atom is -0.0628 e. The summed E-state index contributed by atoms with van der Waals surface area (Å²) in [6.45, 7) is 18.2. The Morgan fingerprint density at radius 2 is 1.26 bits per heavy atom. The molecule has 0 unspecified atom stereocenters. The van der Waals surface area contributed by atoms with Gasteiger partial charge in [0.1, 0.15) is 0 Å². The first-order chi connectivity index (χ1) is 8.49. The zero-order valence-corrected chi connectivity index (χ0v) is 14.4. The highest BCUT2D eigenvalue weighted by Gasteiger charge is 2.11. The average Bonchev–Trinajstić information content (AvgIpc) is 2.12. The van der Waals surface area contributed by atoms with E-state index in [0.717, 1.165) is 12.3 Å². The number of rotatable bonds is 2. The maximum absolute atomic E-state index is 2.28. The van der Waals surface area contributed by atoms with Crippen LogP contribution in [0.1, 0.15) is 67.4 Å². The molecular formula is C19H34. The zero-order chi connectivity index (χ0) is 15.1. The Hall–Kier alpha value is -0.780. The molecule has 19 heavy (non-hydrogen) atoms. The lowest BCUT2D eigenvalue weighted by molar-refractivity contribution is 0.320. The molecule has 0 aliphatic carbocycles. The number of hydrogen-bond donors (Lipinski definition) is 0. The third-order valence-electron chi connectivity index (χ3n) is 2.60. The van der Waals surface area contributed by atoms with Gasteiger partial charge in [-0.3, -0.25) is 0 Å². The molecule has 0 heteroatoms. The Kier molecular flexibility index (Phi) is 7.41. The van der Waals surface area contributed by atoms with Gasteiger partial charge in [0.2, 0.25) is 0 Å². The van der Waals surface area contributed by atoms with Crippen molar-refractivity contribution in [2.24, 2.45) is 16.7 Å². The van der Waals surface area contributed by atoms with Crippen LogP contribution in [0.2, 0.25) is 0 Å². The topological polar surface area (TPSA) is 0 Å². The molecule has 0 saturated carbocycles. The van der Waals surface area contributed by atoms with E-state index in [9.17, 15) is 0 Å². The van der Waals surface area contributed by atoms with Gasteiger partial charge < -0.3 is 0 Å². The minimum absolute atomic E-state index is 0.404. The van der Waals surface area contributed by atoms with E-state index in [1.54, 1.807) is 0 Å². The Balaban J connectivity index is 0.000000362. The van der Waals surface area contributed by atoms with Crippen molar-refractivity contribution in [3.63, 3.8) is 0 Å². The Labute approximate surface area is 121 Å². The van der Waals surface area contributed by atoms with Crippen LogP contribution in [0.3, 0.4) is 0 Å². The standard InChI is InChI=1S/C11H16.C8H18/c1-11(2,3)9-10-7-5-4-6-8-10;1-7(2)6-8(3,4)5/h4-8H,9H2,1-3H3;7H,6H2,1-5H3. The first-order valence-corrected chi connectivity index (χ1v) is 7.53. The van der Waals surface area contributed by atoms with Crippen molar-refractivity contribution in [3.05, 3.63) is 35.9 Å². The second kappa shape index (κ2) is 7.72. The summed E-state index contributed by atoms with van der Waals surface area (Å²) in [6, 6.07) is 10.6. The fourth-order valence-corrected chi connectivity index (χ4v) is 2.43. The summed E-state index contributed by atoms with van der Waals surface area (Å²) in [6.07, 6.45) is 2.49. The highest BCUT2D eigenvalue weighted by atomic mass is 14.2. The monoisotopic (exact) mass is 262 g/mol. The first kappa shape index (κ1) is 18.2. The quantitative estimate of drug-likeness (QED) is 0.582. The van der Waals surface area contributed by atoms with E-state index >= 15 is 0 Å². The molecule has 0 atom stereocenters. The van der Waals surface area contributed by atoms with Crippen LogP contribution in [0, 0.1) is 16.7 Å². The van der Waals surface area contributed by atoms with Gasteiger partial charge in [0.15, 0.2) is 0 Å². The predicted molar refractivity (Wildman–Crippen MR) is 88.5 cm³/mol. The molecule has 0 saturated heterocycles. The van der Waals surface area contributed by atoms with Crippen LogP contribution in [-0.2, 0) is 6.42 Å². The molecule has 0 amide bonds. The van der Waals surface area contributed by atoms with Gasteiger partial charge in [0, 0.05) is 0 Å².